The Balaban J connectivity index is -0.0000000750. The first kappa shape index (κ1) is 26.5. The zero-order valence-electron chi connectivity index (χ0n) is 15.7. The van der Waals surface area contributed by atoms with Crippen molar-refractivity contribution in [3.63, 3.8) is 0 Å². The van der Waals surface area contributed by atoms with Crippen molar-refractivity contribution in [2.45, 2.75) is 95.9 Å². The van der Waals surface area contributed by atoms with Crippen molar-refractivity contribution in [3.05, 3.63) is 0 Å². The van der Waals surface area contributed by atoms with E-state index in [1.54, 1.807) is 0 Å². The summed E-state index contributed by atoms with van der Waals surface area (Å²) in [5.74, 6) is 3.42. The highest BCUT2D eigenvalue weighted by atomic mass is 14.0. The van der Waals surface area contributed by atoms with Crippen LogP contribution in [0, 0.1) is 23.7 Å². The molecule has 116 valence electrons. The summed E-state index contributed by atoms with van der Waals surface area (Å²) in [6, 6.07) is 0. The number of hydrogen-bond donors (Lipinski definition) is 0. The monoisotopic (exact) mass is 260 g/mol. The molecule has 0 unspecified atom stereocenters. The fourth-order valence-corrected chi connectivity index (χ4v) is 0. The van der Waals surface area contributed by atoms with Crippen molar-refractivity contribution in [1.29, 1.82) is 0 Å². The smallest absolute Gasteiger partial charge is 0.0448 e. The lowest BCUT2D eigenvalue weighted by molar-refractivity contribution is 0.457. The first-order valence-corrected chi connectivity index (χ1v) is 8.06. The average molecular weight is 261 g/mol. The highest BCUT2D eigenvalue weighted by Gasteiger charge is 1.95. The standard InChI is InChI=1S/C6H14.C5H12.C4H10.C3H8/c1-5(2)6(3)4;1-4-5(2)3;1-4(2)3;1-3-2/h5-6H,1-4H3;5H,4H2,1-3H3;4H,1-3H3;3H2,1-2H3. The largest absolute Gasteiger partial charge is 0.0656 e. The van der Waals surface area contributed by atoms with Crippen molar-refractivity contribution < 1.29 is 0 Å². The molecule has 0 bridgehead atoms. The van der Waals surface area contributed by atoms with Crippen LogP contribution in [-0.2, 0) is 0 Å². The van der Waals surface area contributed by atoms with Crippen LogP contribution in [0.2, 0.25) is 0 Å². The van der Waals surface area contributed by atoms with Gasteiger partial charge in [0.2, 0.25) is 0 Å². The fourth-order valence-electron chi connectivity index (χ4n) is 0. The molecule has 0 radical (unpaired) electrons. The van der Waals surface area contributed by atoms with Gasteiger partial charge >= 0.3 is 0 Å². The van der Waals surface area contributed by atoms with Gasteiger partial charge in [-0.05, 0) is 23.7 Å². The second-order valence-electron chi connectivity index (χ2n) is 6.73. The lowest BCUT2D eigenvalue weighted by atomic mass is 10.0. The second-order valence-corrected chi connectivity index (χ2v) is 6.73. The summed E-state index contributed by atoms with van der Waals surface area (Å²) in [6.45, 7) is 26.4. The third kappa shape index (κ3) is 100. The van der Waals surface area contributed by atoms with E-state index in [0.717, 1.165) is 23.7 Å². The molecule has 0 aliphatic heterocycles. The van der Waals surface area contributed by atoms with E-state index in [2.05, 4.69) is 83.1 Å². The third-order valence-electron chi connectivity index (χ3n) is 2.15. The maximum atomic E-state index is 2.24. The number of rotatable bonds is 2. The van der Waals surface area contributed by atoms with Gasteiger partial charge in [0.1, 0.15) is 0 Å². The van der Waals surface area contributed by atoms with Crippen molar-refractivity contribution in [3.8, 4) is 0 Å². The van der Waals surface area contributed by atoms with Crippen molar-refractivity contribution in [2.75, 3.05) is 0 Å². The van der Waals surface area contributed by atoms with Gasteiger partial charge in [0.05, 0.1) is 0 Å². The van der Waals surface area contributed by atoms with Gasteiger partial charge in [0.15, 0.2) is 0 Å². The van der Waals surface area contributed by atoms with Crippen LogP contribution in [0.15, 0.2) is 0 Å². The highest BCUT2D eigenvalue weighted by molar-refractivity contribution is 4.46. The molecule has 0 atom stereocenters. The third-order valence-corrected chi connectivity index (χ3v) is 2.15. The maximum Gasteiger partial charge on any atom is -0.0448 e. The molecule has 0 heterocycles. The van der Waals surface area contributed by atoms with E-state index in [0.29, 0.717) is 0 Å². The van der Waals surface area contributed by atoms with Gasteiger partial charge < -0.3 is 0 Å². The number of hydrogen-bond acceptors (Lipinski definition) is 0. The molecule has 0 aliphatic rings. The SMILES string of the molecule is CC(C)C.CC(C)C(C)C.CCC.CCC(C)C. The summed E-state index contributed by atoms with van der Waals surface area (Å²) < 4.78 is 0. The molecule has 0 rings (SSSR count). The minimum atomic E-state index is 0.833. The summed E-state index contributed by atoms with van der Waals surface area (Å²) in [7, 11) is 0. The van der Waals surface area contributed by atoms with Gasteiger partial charge in [-0.3, -0.25) is 0 Å². The second kappa shape index (κ2) is 22.2. The predicted molar refractivity (Wildman–Crippen MR) is 91.3 cm³/mol. The molecular weight excluding hydrogens is 216 g/mol. The lowest BCUT2D eigenvalue weighted by Gasteiger charge is -2.05. The highest BCUT2D eigenvalue weighted by Crippen LogP contribution is 2.05. The molecular formula is C18H44. The van der Waals surface area contributed by atoms with Gasteiger partial charge in [-0.25, -0.2) is 0 Å². The summed E-state index contributed by atoms with van der Waals surface area (Å²) in [6.07, 6.45) is 2.56. The van der Waals surface area contributed by atoms with Crippen molar-refractivity contribution in [2.24, 2.45) is 23.7 Å². The van der Waals surface area contributed by atoms with Crippen LogP contribution in [0.1, 0.15) is 95.9 Å². The Kier molecular flexibility index (Phi) is 32.7. The Bertz CT molecular complexity index is 89.9. The summed E-state index contributed by atoms with van der Waals surface area (Å²) in [4.78, 5) is 0. The van der Waals surface area contributed by atoms with Crippen LogP contribution in [0.5, 0.6) is 0 Å². The molecule has 0 aliphatic carbocycles. The first-order chi connectivity index (χ1) is 8.06. The van der Waals surface area contributed by atoms with E-state index in [4.69, 9.17) is 0 Å². The Hall–Kier alpha value is 0. The van der Waals surface area contributed by atoms with Crippen molar-refractivity contribution in [1.82, 2.24) is 0 Å². The Morgan fingerprint density at radius 1 is 0.556 bits per heavy atom. The molecule has 0 fully saturated rings. The average Bonchev–Trinajstić information content (AvgIpc) is 2.18. The van der Waals surface area contributed by atoms with E-state index < -0.39 is 0 Å². The van der Waals surface area contributed by atoms with Crippen LogP contribution in [0.25, 0.3) is 0 Å². The van der Waals surface area contributed by atoms with Crippen LogP contribution in [0.3, 0.4) is 0 Å². The van der Waals surface area contributed by atoms with E-state index in [1.165, 1.54) is 12.8 Å². The summed E-state index contributed by atoms with van der Waals surface area (Å²) in [5.41, 5.74) is 0. The molecule has 18 heavy (non-hydrogen) atoms. The van der Waals surface area contributed by atoms with E-state index in [1.807, 2.05) is 0 Å². The van der Waals surface area contributed by atoms with Gasteiger partial charge in [-0.15, -0.1) is 0 Å². The van der Waals surface area contributed by atoms with E-state index in [-0.39, 0.29) is 0 Å². The van der Waals surface area contributed by atoms with E-state index >= 15 is 0 Å². The quantitative estimate of drug-likeness (QED) is 0.484. The first-order valence-electron chi connectivity index (χ1n) is 8.06. The molecule has 0 N–H and O–H groups in total. The topological polar surface area (TPSA) is 0 Å². The van der Waals surface area contributed by atoms with E-state index in [9.17, 15) is 0 Å². The normalized spacial score (nSPS) is 9.33. The predicted octanol–water partition coefficient (Wildman–Crippen LogP) is 7.43. The van der Waals surface area contributed by atoms with Gasteiger partial charge in [-0.2, -0.15) is 0 Å². The minimum Gasteiger partial charge on any atom is -0.0656 e. The van der Waals surface area contributed by atoms with Gasteiger partial charge in [0.25, 0.3) is 0 Å². The van der Waals surface area contributed by atoms with Crippen LogP contribution >= 0.6 is 0 Å². The summed E-state index contributed by atoms with van der Waals surface area (Å²) >= 11 is 0. The molecule has 0 aromatic carbocycles. The molecule has 0 saturated heterocycles. The molecule has 0 aromatic rings. The zero-order valence-corrected chi connectivity index (χ0v) is 15.7. The Morgan fingerprint density at radius 2 is 0.667 bits per heavy atom. The van der Waals surface area contributed by atoms with Crippen molar-refractivity contribution >= 4 is 0 Å². The molecule has 0 heteroatoms. The van der Waals surface area contributed by atoms with Gasteiger partial charge in [0, 0.05) is 0 Å². The minimum absolute atomic E-state index is 0.833. The zero-order chi connectivity index (χ0) is 15.7. The molecule has 0 nitrogen and oxygen atoms in total. The van der Waals surface area contributed by atoms with Crippen LogP contribution in [0.4, 0.5) is 0 Å². The fraction of sp³-hybridized carbons (Fsp3) is 1.00. The molecule has 0 saturated carbocycles. The maximum absolute atomic E-state index is 2.24. The molecule has 0 amide bonds. The summed E-state index contributed by atoms with van der Waals surface area (Å²) in [5, 5.41) is 0. The molecule has 0 aromatic heterocycles. The van der Waals surface area contributed by atoms with Crippen LogP contribution in [-0.4, -0.2) is 0 Å². The Morgan fingerprint density at radius 3 is 0.667 bits per heavy atom. The van der Waals surface area contributed by atoms with Gasteiger partial charge in [-0.1, -0.05) is 95.9 Å². The lowest BCUT2D eigenvalue weighted by Crippen LogP contribution is -1.95. The Labute approximate surface area is 120 Å². The molecule has 0 spiro atoms. The van der Waals surface area contributed by atoms with Crippen LogP contribution < -0.4 is 0 Å².